The Hall–Kier alpha value is -1.44. The maximum Gasteiger partial charge on any atom is 0.278 e. The van der Waals surface area contributed by atoms with E-state index in [0.29, 0.717) is 32.7 Å². The Morgan fingerprint density at radius 3 is 2.43 bits per heavy atom. The Morgan fingerprint density at radius 1 is 1.26 bits per heavy atom. The van der Waals surface area contributed by atoms with Crippen molar-refractivity contribution in [3.8, 4) is 0 Å². The Morgan fingerprint density at radius 2 is 1.87 bits per heavy atom. The van der Waals surface area contributed by atoms with Gasteiger partial charge in [0.1, 0.15) is 0 Å². The molecule has 1 saturated heterocycles. The third kappa shape index (κ3) is 4.76. The van der Waals surface area contributed by atoms with Gasteiger partial charge in [-0.3, -0.25) is 4.79 Å². The molecule has 0 radical (unpaired) electrons. The van der Waals surface area contributed by atoms with E-state index in [1.165, 1.54) is 0 Å². The lowest BCUT2D eigenvalue weighted by molar-refractivity contribution is -0.917. The molecule has 0 bridgehead atoms. The third-order valence-electron chi connectivity index (χ3n) is 4.31. The predicted octanol–water partition coefficient (Wildman–Crippen LogP) is -0.758. The molecule has 0 aromatic heterocycles. The van der Waals surface area contributed by atoms with Crippen molar-refractivity contribution >= 4 is 15.9 Å². The second-order valence-electron chi connectivity index (χ2n) is 5.92. The fourth-order valence-corrected chi connectivity index (χ4v) is 4.41. The number of sulfonamides is 1. The summed E-state index contributed by atoms with van der Waals surface area (Å²) in [5.41, 5.74) is 0.804. The number of likely N-dealkylation sites (N-methyl/N-ethyl adjacent to an activating group) is 1. The first-order valence-corrected chi connectivity index (χ1v) is 9.69. The lowest BCUT2D eigenvalue weighted by Crippen LogP contribution is -3.19. The molecule has 1 aliphatic rings. The summed E-state index contributed by atoms with van der Waals surface area (Å²) >= 11 is 0. The molecule has 1 atom stereocenters. The molecule has 1 aliphatic heterocycles. The first-order valence-electron chi connectivity index (χ1n) is 8.08. The molecule has 1 amide bonds. The van der Waals surface area contributed by atoms with Crippen molar-refractivity contribution in [1.82, 2.24) is 9.62 Å². The summed E-state index contributed by atoms with van der Waals surface area (Å²) in [5, 5.41) is 2.83. The fraction of sp³-hybridized carbons (Fsp3) is 0.562. The van der Waals surface area contributed by atoms with Crippen LogP contribution in [0.5, 0.6) is 0 Å². The number of carbonyl (C=O) groups excluding carboxylic acids is 1. The van der Waals surface area contributed by atoms with Crippen molar-refractivity contribution in [2.24, 2.45) is 0 Å². The average Bonchev–Trinajstić information content (AvgIpc) is 2.55. The molecule has 0 spiro atoms. The van der Waals surface area contributed by atoms with Crippen LogP contribution in [0, 0.1) is 0 Å². The predicted molar refractivity (Wildman–Crippen MR) is 89.5 cm³/mol. The van der Waals surface area contributed by atoms with E-state index in [1.54, 1.807) is 4.31 Å². The van der Waals surface area contributed by atoms with E-state index < -0.39 is 10.0 Å². The second kappa shape index (κ2) is 7.90. The summed E-state index contributed by atoms with van der Waals surface area (Å²) in [7, 11) is -3.30. The molecule has 1 fully saturated rings. The Labute approximate surface area is 138 Å². The van der Waals surface area contributed by atoms with Gasteiger partial charge in [-0.05, 0) is 19.4 Å². The standard InChI is InChI=1S/C16H25N3O3S/c1-3-17-16(20)14(2)18-9-11-19(12-10-18)23(21,22)13-15-7-5-4-6-8-15/h4-8,14H,3,9-13H2,1-2H3,(H,17,20)/p+1/t14-/m0/s1. The maximum absolute atomic E-state index is 12.5. The first-order chi connectivity index (χ1) is 10.9. The van der Waals surface area contributed by atoms with Crippen LogP contribution in [0.25, 0.3) is 0 Å². The van der Waals surface area contributed by atoms with Crippen LogP contribution in [0.2, 0.25) is 0 Å². The number of hydrogen-bond donors (Lipinski definition) is 2. The Kier molecular flexibility index (Phi) is 6.15. The second-order valence-corrected chi connectivity index (χ2v) is 7.88. The summed E-state index contributed by atoms with van der Waals surface area (Å²) in [5.74, 6) is 0.0674. The van der Waals surface area contributed by atoms with Gasteiger partial charge < -0.3 is 10.2 Å². The number of nitrogens with zero attached hydrogens (tertiary/aromatic N) is 1. The van der Waals surface area contributed by atoms with Crippen LogP contribution in [0.3, 0.4) is 0 Å². The molecule has 1 aromatic carbocycles. The molecule has 2 rings (SSSR count). The van der Waals surface area contributed by atoms with Gasteiger partial charge in [0, 0.05) is 6.54 Å². The normalized spacial score (nSPS) is 18.5. The number of nitrogens with one attached hydrogen (secondary N) is 2. The van der Waals surface area contributed by atoms with Crippen molar-refractivity contribution in [2.75, 3.05) is 32.7 Å². The largest absolute Gasteiger partial charge is 0.351 e. The lowest BCUT2D eigenvalue weighted by Gasteiger charge is -2.34. The summed E-state index contributed by atoms with van der Waals surface area (Å²) in [6.45, 7) is 6.66. The number of carbonyl (C=O) groups is 1. The van der Waals surface area contributed by atoms with E-state index in [4.69, 9.17) is 0 Å². The number of piperazine rings is 1. The van der Waals surface area contributed by atoms with Crippen LogP contribution in [0.4, 0.5) is 0 Å². The number of benzene rings is 1. The molecule has 128 valence electrons. The van der Waals surface area contributed by atoms with Crippen LogP contribution < -0.4 is 10.2 Å². The molecular formula is C16H26N3O3S+. The van der Waals surface area contributed by atoms with Crippen molar-refractivity contribution in [3.63, 3.8) is 0 Å². The van der Waals surface area contributed by atoms with Crippen LogP contribution >= 0.6 is 0 Å². The van der Waals surface area contributed by atoms with Crippen molar-refractivity contribution in [3.05, 3.63) is 35.9 Å². The zero-order valence-corrected chi connectivity index (χ0v) is 14.6. The van der Waals surface area contributed by atoms with Gasteiger partial charge in [-0.15, -0.1) is 0 Å². The smallest absolute Gasteiger partial charge is 0.278 e. The third-order valence-corrected chi connectivity index (χ3v) is 6.16. The van der Waals surface area contributed by atoms with Gasteiger partial charge in [-0.1, -0.05) is 30.3 Å². The van der Waals surface area contributed by atoms with Crippen molar-refractivity contribution in [2.45, 2.75) is 25.6 Å². The number of amides is 1. The van der Waals surface area contributed by atoms with E-state index >= 15 is 0 Å². The van der Waals surface area contributed by atoms with E-state index in [9.17, 15) is 13.2 Å². The molecule has 0 saturated carbocycles. The van der Waals surface area contributed by atoms with Gasteiger partial charge in [0.25, 0.3) is 5.91 Å². The van der Waals surface area contributed by atoms with Crippen LogP contribution in [-0.2, 0) is 20.6 Å². The molecule has 2 N–H and O–H groups in total. The SMILES string of the molecule is CCNC(=O)[C@H](C)[NH+]1CCN(S(=O)(=O)Cc2ccccc2)CC1. The van der Waals surface area contributed by atoms with E-state index in [2.05, 4.69) is 5.32 Å². The van der Waals surface area contributed by atoms with Crippen LogP contribution in [0.1, 0.15) is 19.4 Å². The van der Waals surface area contributed by atoms with Crippen molar-refractivity contribution < 1.29 is 18.1 Å². The fourth-order valence-electron chi connectivity index (χ4n) is 2.87. The monoisotopic (exact) mass is 340 g/mol. The maximum atomic E-state index is 12.5. The van der Waals surface area contributed by atoms with E-state index in [-0.39, 0.29) is 17.7 Å². The number of quaternary nitrogens is 1. The molecule has 7 heteroatoms. The van der Waals surface area contributed by atoms with Gasteiger partial charge in [0.05, 0.1) is 31.9 Å². The molecule has 1 aromatic rings. The molecular weight excluding hydrogens is 314 g/mol. The summed E-state index contributed by atoms with van der Waals surface area (Å²) in [6.07, 6.45) is 0. The highest BCUT2D eigenvalue weighted by Crippen LogP contribution is 2.10. The zero-order valence-electron chi connectivity index (χ0n) is 13.8. The number of hydrogen-bond acceptors (Lipinski definition) is 3. The van der Waals surface area contributed by atoms with Crippen LogP contribution in [-0.4, -0.2) is 57.4 Å². The summed E-state index contributed by atoms with van der Waals surface area (Å²) < 4.78 is 26.6. The van der Waals surface area contributed by atoms with Crippen molar-refractivity contribution in [1.29, 1.82) is 0 Å². The van der Waals surface area contributed by atoms with E-state index in [1.807, 2.05) is 44.2 Å². The highest BCUT2D eigenvalue weighted by molar-refractivity contribution is 7.88. The summed E-state index contributed by atoms with van der Waals surface area (Å²) in [4.78, 5) is 13.0. The van der Waals surface area contributed by atoms with Gasteiger partial charge in [0.2, 0.25) is 10.0 Å². The van der Waals surface area contributed by atoms with Crippen LogP contribution in [0.15, 0.2) is 30.3 Å². The number of rotatable bonds is 6. The van der Waals surface area contributed by atoms with Gasteiger partial charge >= 0.3 is 0 Å². The van der Waals surface area contributed by atoms with Gasteiger partial charge in [-0.2, -0.15) is 4.31 Å². The average molecular weight is 340 g/mol. The first kappa shape index (κ1) is 17.9. The highest BCUT2D eigenvalue weighted by Gasteiger charge is 2.33. The lowest BCUT2D eigenvalue weighted by atomic mass is 10.2. The minimum absolute atomic E-state index is 0.0306. The van der Waals surface area contributed by atoms with Gasteiger partial charge in [0.15, 0.2) is 6.04 Å². The molecule has 23 heavy (non-hydrogen) atoms. The van der Waals surface area contributed by atoms with Gasteiger partial charge in [-0.25, -0.2) is 8.42 Å². The quantitative estimate of drug-likeness (QED) is 0.715. The van der Waals surface area contributed by atoms with E-state index in [0.717, 1.165) is 10.5 Å². The minimum atomic E-state index is -3.30. The molecule has 1 heterocycles. The zero-order chi connectivity index (χ0) is 16.9. The minimum Gasteiger partial charge on any atom is -0.351 e. The molecule has 0 unspecified atom stereocenters. The Bertz CT molecular complexity index is 611. The molecule has 0 aliphatic carbocycles. The summed E-state index contributed by atoms with van der Waals surface area (Å²) in [6, 6.07) is 9.09. The highest BCUT2D eigenvalue weighted by atomic mass is 32.2. The Balaban J connectivity index is 1.92. The molecule has 6 nitrogen and oxygen atoms in total. The topological polar surface area (TPSA) is 70.9 Å².